The number of nitrogens with zero attached hydrogens (tertiary/aromatic N) is 3. The van der Waals surface area contributed by atoms with E-state index in [0.717, 1.165) is 6.42 Å². The first-order valence-electron chi connectivity index (χ1n) is 11.3. The Morgan fingerprint density at radius 1 is 1.06 bits per heavy atom. The summed E-state index contributed by atoms with van der Waals surface area (Å²) in [5.74, 6) is -0.554. The van der Waals surface area contributed by atoms with E-state index in [1.54, 1.807) is 24.3 Å². The maximum absolute atomic E-state index is 12.2. The van der Waals surface area contributed by atoms with Crippen molar-refractivity contribution in [1.82, 2.24) is 15.2 Å². The van der Waals surface area contributed by atoms with Gasteiger partial charge < -0.3 is 20.6 Å². The lowest BCUT2D eigenvalue weighted by Gasteiger charge is -2.35. The molecule has 1 saturated heterocycles. The van der Waals surface area contributed by atoms with Gasteiger partial charge in [0.05, 0.1) is 17.6 Å². The summed E-state index contributed by atoms with van der Waals surface area (Å²) < 4.78 is 0. The van der Waals surface area contributed by atoms with Crippen molar-refractivity contribution in [3.05, 3.63) is 29.8 Å². The molecule has 1 aromatic carbocycles. The summed E-state index contributed by atoms with van der Waals surface area (Å²) in [6.45, 7) is 10.8. The van der Waals surface area contributed by atoms with Crippen molar-refractivity contribution in [1.29, 1.82) is 0 Å². The minimum absolute atomic E-state index is 0.00484. The molecule has 1 fully saturated rings. The predicted octanol–water partition coefficient (Wildman–Crippen LogP) is 2.71. The number of benzene rings is 1. The quantitative estimate of drug-likeness (QED) is 0.588. The van der Waals surface area contributed by atoms with Crippen LogP contribution in [0, 0.1) is 0 Å². The highest BCUT2D eigenvalue weighted by Crippen LogP contribution is 2.27. The van der Waals surface area contributed by atoms with Crippen molar-refractivity contribution in [2.24, 2.45) is 0 Å². The molecule has 0 spiro atoms. The summed E-state index contributed by atoms with van der Waals surface area (Å²) in [5, 5.41) is 16.1. The molecule has 2 aromatic rings. The fraction of sp³-hybridized carbons (Fsp3) is 0.500. The summed E-state index contributed by atoms with van der Waals surface area (Å²) in [5.41, 5.74) is 0.999. The highest BCUT2D eigenvalue weighted by atomic mass is 16.4. The molecule has 1 aromatic heterocycles. The number of pyridine rings is 1. The molecule has 0 radical (unpaired) electrons. The molecule has 2 amide bonds. The number of nitrogens with one attached hydrogen (secondary N) is 2. The molecule has 2 heterocycles. The zero-order valence-electron chi connectivity index (χ0n) is 19.8. The topological polar surface area (TPSA) is 115 Å². The smallest absolute Gasteiger partial charge is 0.336 e. The van der Waals surface area contributed by atoms with E-state index >= 15 is 0 Å². The number of amides is 2. The van der Waals surface area contributed by atoms with Gasteiger partial charge in [0.15, 0.2) is 0 Å². The molecule has 9 nitrogen and oxygen atoms in total. The molecule has 3 rings (SSSR count). The minimum atomic E-state index is -1.04. The van der Waals surface area contributed by atoms with Crippen LogP contribution in [0.3, 0.4) is 0 Å². The second kappa shape index (κ2) is 10.2. The van der Waals surface area contributed by atoms with Crippen LogP contribution in [0.4, 0.5) is 11.5 Å². The molecule has 0 atom stereocenters. The lowest BCUT2D eigenvalue weighted by atomic mass is 10.1. The first-order valence-corrected chi connectivity index (χ1v) is 11.3. The van der Waals surface area contributed by atoms with Crippen LogP contribution < -0.4 is 15.5 Å². The third-order valence-corrected chi connectivity index (χ3v) is 5.36. The van der Waals surface area contributed by atoms with Crippen molar-refractivity contribution in [2.45, 2.75) is 46.1 Å². The van der Waals surface area contributed by atoms with E-state index in [9.17, 15) is 19.5 Å². The number of carbonyl (C=O) groups is 3. The number of rotatable bonds is 7. The van der Waals surface area contributed by atoms with E-state index in [2.05, 4.69) is 20.5 Å². The molecule has 178 valence electrons. The fourth-order valence-corrected chi connectivity index (χ4v) is 3.88. The summed E-state index contributed by atoms with van der Waals surface area (Å²) in [6, 6.07) is 6.73. The van der Waals surface area contributed by atoms with Gasteiger partial charge >= 0.3 is 5.97 Å². The Bertz CT molecular complexity index is 1040. The van der Waals surface area contributed by atoms with Crippen LogP contribution >= 0.6 is 0 Å². The number of carbonyl (C=O) groups excluding carboxylic acids is 2. The monoisotopic (exact) mass is 455 g/mol. The number of aromatic carboxylic acids is 1. The molecular formula is C24H33N5O4. The van der Waals surface area contributed by atoms with Gasteiger partial charge in [0.1, 0.15) is 5.82 Å². The standard InChI is InChI=1S/C24H33N5O4/c1-5-6-21(30)25-16-7-8-19-17(13-16)18(23(32)33)14-20(26-19)29-11-9-28(10-12-29)15-22(31)27-24(2,3)4/h7-8,13-14H,5-6,9-12,15H2,1-4H3,(H,25,30)(H,27,31)(H,32,33). The van der Waals surface area contributed by atoms with Gasteiger partial charge in [-0.05, 0) is 51.5 Å². The van der Waals surface area contributed by atoms with Crippen LogP contribution in [0.2, 0.25) is 0 Å². The SMILES string of the molecule is CCCC(=O)Nc1ccc2nc(N3CCN(CC(=O)NC(C)(C)C)CC3)cc(C(=O)O)c2c1. The largest absolute Gasteiger partial charge is 0.478 e. The lowest BCUT2D eigenvalue weighted by molar-refractivity contribution is -0.123. The van der Waals surface area contributed by atoms with E-state index in [1.807, 2.05) is 32.6 Å². The maximum Gasteiger partial charge on any atom is 0.336 e. The number of hydrogen-bond acceptors (Lipinski definition) is 6. The highest BCUT2D eigenvalue weighted by molar-refractivity contribution is 6.05. The van der Waals surface area contributed by atoms with Crippen LogP contribution in [0.1, 0.15) is 50.9 Å². The molecule has 0 aliphatic carbocycles. The Hall–Kier alpha value is -3.20. The van der Waals surface area contributed by atoms with E-state index in [4.69, 9.17) is 0 Å². The van der Waals surface area contributed by atoms with Gasteiger partial charge in [-0.25, -0.2) is 9.78 Å². The van der Waals surface area contributed by atoms with Gasteiger partial charge in [0.25, 0.3) is 0 Å². The van der Waals surface area contributed by atoms with Crippen molar-refractivity contribution < 1.29 is 19.5 Å². The van der Waals surface area contributed by atoms with E-state index in [1.165, 1.54) is 0 Å². The second-order valence-electron chi connectivity index (χ2n) is 9.42. The van der Waals surface area contributed by atoms with Gasteiger partial charge in [-0.2, -0.15) is 0 Å². The Morgan fingerprint density at radius 2 is 1.76 bits per heavy atom. The van der Waals surface area contributed by atoms with Gasteiger partial charge in [-0.1, -0.05) is 6.92 Å². The summed E-state index contributed by atoms with van der Waals surface area (Å²) in [6.07, 6.45) is 1.14. The van der Waals surface area contributed by atoms with Gasteiger partial charge in [0.2, 0.25) is 11.8 Å². The predicted molar refractivity (Wildman–Crippen MR) is 129 cm³/mol. The minimum Gasteiger partial charge on any atom is -0.478 e. The van der Waals surface area contributed by atoms with Gasteiger partial charge in [0, 0.05) is 49.2 Å². The Balaban J connectivity index is 1.74. The van der Waals surface area contributed by atoms with E-state index in [0.29, 0.717) is 61.6 Å². The molecule has 3 N–H and O–H groups in total. The third kappa shape index (κ3) is 6.64. The number of hydrogen-bond donors (Lipinski definition) is 3. The zero-order chi connectivity index (χ0) is 24.2. The number of aromatic nitrogens is 1. The first-order chi connectivity index (χ1) is 15.6. The molecule has 9 heteroatoms. The van der Waals surface area contributed by atoms with Crippen LogP contribution in [-0.4, -0.2) is 71.0 Å². The van der Waals surface area contributed by atoms with Crippen molar-refractivity contribution >= 4 is 40.2 Å². The van der Waals surface area contributed by atoms with E-state index in [-0.39, 0.29) is 22.9 Å². The normalized spacial score (nSPS) is 14.8. The summed E-state index contributed by atoms with van der Waals surface area (Å²) in [4.78, 5) is 44.9. The maximum atomic E-state index is 12.2. The van der Waals surface area contributed by atoms with Crippen LogP contribution in [0.15, 0.2) is 24.3 Å². The zero-order valence-corrected chi connectivity index (χ0v) is 19.8. The van der Waals surface area contributed by atoms with Crippen molar-refractivity contribution in [3.8, 4) is 0 Å². The average Bonchev–Trinajstić information content (AvgIpc) is 2.72. The lowest BCUT2D eigenvalue weighted by Crippen LogP contribution is -2.52. The van der Waals surface area contributed by atoms with E-state index < -0.39 is 5.97 Å². The van der Waals surface area contributed by atoms with Gasteiger partial charge in [-0.3, -0.25) is 14.5 Å². The van der Waals surface area contributed by atoms with Gasteiger partial charge in [-0.15, -0.1) is 0 Å². The second-order valence-corrected chi connectivity index (χ2v) is 9.42. The highest BCUT2D eigenvalue weighted by Gasteiger charge is 2.23. The first kappa shape index (κ1) is 24.4. The molecule has 1 aliphatic rings. The summed E-state index contributed by atoms with van der Waals surface area (Å²) >= 11 is 0. The number of fused-ring (bicyclic) bond motifs is 1. The summed E-state index contributed by atoms with van der Waals surface area (Å²) in [7, 11) is 0. The van der Waals surface area contributed by atoms with Crippen molar-refractivity contribution in [3.63, 3.8) is 0 Å². The van der Waals surface area contributed by atoms with Crippen LogP contribution in [0.5, 0.6) is 0 Å². The third-order valence-electron chi connectivity index (χ3n) is 5.36. The molecule has 0 saturated carbocycles. The number of piperazine rings is 1. The fourth-order valence-electron chi connectivity index (χ4n) is 3.88. The molecule has 1 aliphatic heterocycles. The number of carboxylic acid groups (broad SMARTS) is 1. The molecule has 0 bridgehead atoms. The average molecular weight is 456 g/mol. The van der Waals surface area contributed by atoms with Crippen molar-refractivity contribution in [2.75, 3.05) is 42.9 Å². The van der Waals surface area contributed by atoms with Crippen LogP contribution in [-0.2, 0) is 9.59 Å². The molecule has 33 heavy (non-hydrogen) atoms. The number of carboxylic acids is 1. The molecular weight excluding hydrogens is 422 g/mol. The molecule has 0 unspecified atom stereocenters. The Labute approximate surface area is 194 Å². The Kier molecular flexibility index (Phi) is 7.53. The number of anilines is 2. The van der Waals surface area contributed by atoms with Crippen LogP contribution in [0.25, 0.3) is 10.9 Å². The Morgan fingerprint density at radius 3 is 2.36 bits per heavy atom.